The molecular formula is C23H25FN4O3S. The van der Waals surface area contributed by atoms with Crippen molar-refractivity contribution in [2.75, 3.05) is 19.5 Å². The summed E-state index contributed by atoms with van der Waals surface area (Å²) in [4.78, 5) is 12.4. The number of aromatic nitrogens is 3. The van der Waals surface area contributed by atoms with Crippen LogP contribution < -0.4 is 10.1 Å². The van der Waals surface area contributed by atoms with Gasteiger partial charge >= 0.3 is 0 Å². The fraction of sp³-hybridized carbons (Fsp3) is 0.348. The first-order chi connectivity index (χ1) is 15.6. The van der Waals surface area contributed by atoms with Crippen molar-refractivity contribution in [1.82, 2.24) is 20.1 Å². The Morgan fingerprint density at radius 1 is 1.22 bits per heavy atom. The van der Waals surface area contributed by atoms with Crippen LogP contribution in [0.5, 0.6) is 5.75 Å². The lowest BCUT2D eigenvalue weighted by Crippen LogP contribution is -2.25. The summed E-state index contributed by atoms with van der Waals surface area (Å²) >= 11 is 1.34. The molecule has 2 aromatic carbocycles. The highest BCUT2D eigenvalue weighted by Crippen LogP contribution is 2.27. The Morgan fingerprint density at radius 3 is 2.69 bits per heavy atom. The van der Waals surface area contributed by atoms with Crippen LogP contribution in [0.1, 0.15) is 18.4 Å². The number of ether oxygens (including phenoxy) is 2. The number of methoxy groups -OCH3 is 1. The lowest BCUT2D eigenvalue weighted by molar-refractivity contribution is -0.118. The lowest BCUT2D eigenvalue weighted by atomic mass is 10.2. The van der Waals surface area contributed by atoms with E-state index >= 15 is 0 Å². The molecule has 2 heterocycles. The number of hydrogen-bond donors (Lipinski definition) is 1. The quantitative estimate of drug-likeness (QED) is 0.495. The van der Waals surface area contributed by atoms with E-state index in [0.717, 1.165) is 42.1 Å². The highest BCUT2D eigenvalue weighted by Gasteiger charge is 2.22. The summed E-state index contributed by atoms with van der Waals surface area (Å²) in [6.45, 7) is 1.74. The second kappa shape index (κ2) is 10.6. The highest BCUT2D eigenvalue weighted by atomic mass is 32.2. The van der Waals surface area contributed by atoms with Crippen molar-refractivity contribution in [3.05, 3.63) is 59.9 Å². The van der Waals surface area contributed by atoms with E-state index in [1.807, 2.05) is 28.8 Å². The molecule has 168 valence electrons. The number of thioether (sulfide) groups is 1. The summed E-state index contributed by atoms with van der Waals surface area (Å²) in [5.74, 6) is 1.28. The third-order valence-corrected chi connectivity index (χ3v) is 6.18. The zero-order valence-corrected chi connectivity index (χ0v) is 18.6. The zero-order valence-electron chi connectivity index (χ0n) is 17.8. The van der Waals surface area contributed by atoms with Crippen molar-refractivity contribution in [1.29, 1.82) is 0 Å². The Kier molecular flexibility index (Phi) is 7.39. The fourth-order valence-corrected chi connectivity index (χ4v) is 4.27. The predicted octanol–water partition coefficient (Wildman–Crippen LogP) is 3.68. The molecule has 0 spiro atoms. The second-order valence-electron chi connectivity index (χ2n) is 7.47. The Labute approximate surface area is 190 Å². The van der Waals surface area contributed by atoms with Crippen LogP contribution in [0.15, 0.2) is 53.7 Å². The van der Waals surface area contributed by atoms with E-state index in [0.29, 0.717) is 18.2 Å². The maximum atomic E-state index is 13.0. The van der Waals surface area contributed by atoms with Gasteiger partial charge in [0.25, 0.3) is 0 Å². The molecule has 1 fully saturated rings. The van der Waals surface area contributed by atoms with Crippen molar-refractivity contribution in [3.63, 3.8) is 0 Å². The van der Waals surface area contributed by atoms with Gasteiger partial charge in [-0.3, -0.25) is 9.36 Å². The number of carbonyl (C=O) groups excluding carboxylic acids is 1. The van der Waals surface area contributed by atoms with Gasteiger partial charge in [-0.1, -0.05) is 23.9 Å². The number of carbonyl (C=O) groups is 1. The van der Waals surface area contributed by atoms with Crippen molar-refractivity contribution < 1.29 is 18.7 Å². The summed E-state index contributed by atoms with van der Waals surface area (Å²) in [6, 6.07) is 13.7. The molecule has 7 nitrogen and oxygen atoms in total. The lowest BCUT2D eigenvalue weighted by Gasteiger charge is -2.15. The summed E-state index contributed by atoms with van der Waals surface area (Å²) in [5, 5.41) is 12.3. The van der Waals surface area contributed by atoms with Gasteiger partial charge in [-0.15, -0.1) is 10.2 Å². The van der Waals surface area contributed by atoms with Gasteiger partial charge < -0.3 is 14.8 Å². The van der Waals surface area contributed by atoms with E-state index in [-0.39, 0.29) is 23.6 Å². The van der Waals surface area contributed by atoms with Gasteiger partial charge in [-0.2, -0.15) is 0 Å². The first-order valence-electron chi connectivity index (χ1n) is 10.5. The molecule has 0 bridgehead atoms. The molecule has 1 atom stereocenters. The number of benzene rings is 2. The Balaban J connectivity index is 1.43. The molecule has 1 aliphatic rings. The first-order valence-corrected chi connectivity index (χ1v) is 11.4. The van der Waals surface area contributed by atoms with Gasteiger partial charge in [0.2, 0.25) is 5.91 Å². The van der Waals surface area contributed by atoms with E-state index in [1.165, 1.54) is 23.9 Å². The van der Waals surface area contributed by atoms with Crippen LogP contribution in [0.25, 0.3) is 11.4 Å². The average Bonchev–Trinajstić information content (AvgIpc) is 3.48. The summed E-state index contributed by atoms with van der Waals surface area (Å²) in [7, 11) is 1.63. The van der Waals surface area contributed by atoms with Crippen molar-refractivity contribution >= 4 is 17.7 Å². The van der Waals surface area contributed by atoms with Crippen molar-refractivity contribution in [3.8, 4) is 17.1 Å². The average molecular weight is 457 g/mol. The fourth-order valence-electron chi connectivity index (χ4n) is 3.49. The van der Waals surface area contributed by atoms with Crippen molar-refractivity contribution in [2.24, 2.45) is 0 Å². The molecule has 4 rings (SSSR count). The number of nitrogens with zero attached hydrogens (tertiary/aromatic N) is 3. The number of amides is 1. The van der Waals surface area contributed by atoms with E-state index in [4.69, 9.17) is 9.47 Å². The van der Waals surface area contributed by atoms with E-state index in [2.05, 4.69) is 15.5 Å². The van der Waals surface area contributed by atoms with Gasteiger partial charge in [0.05, 0.1) is 25.5 Å². The largest absolute Gasteiger partial charge is 0.497 e. The number of halogens is 1. The van der Waals surface area contributed by atoms with E-state index in [1.54, 1.807) is 19.2 Å². The minimum absolute atomic E-state index is 0.106. The normalized spacial score (nSPS) is 15.6. The number of nitrogens with one attached hydrogen (secondary N) is 1. The third kappa shape index (κ3) is 5.66. The standard InChI is InChI=1S/C23H25FN4O3S/c1-30-19-10-6-17(7-11-19)22-26-27-23(28(22)14-20-3-2-12-31-20)32-15-21(29)25-13-16-4-8-18(24)9-5-16/h4-11,20H,2-3,12-15H2,1H3,(H,25,29). The predicted molar refractivity (Wildman–Crippen MR) is 120 cm³/mol. The minimum atomic E-state index is -0.297. The Hall–Kier alpha value is -2.91. The Morgan fingerprint density at radius 2 is 2.00 bits per heavy atom. The minimum Gasteiger partial charge on any atom is -0.497 e. The molecule has 1 aliphatic heterocycles. The molecule has 1 amide bonds. The molecule has 0 radical (unpaired) electrons. The van der Waals surface area contributed by atoms with E-state index in [9.17, 15) is 9.18 Å². The number of rotatable bonds is 9. The van der Waals surface area contributed by atoms with Crippen LogP contribution in [0.2, 0.25) is 0 Å². The Bertz CT molecular complexity index is 1030. The molecule has 1 saturated heterocycles. The molecule has 1 aromatic heterocycles. The van der Waals surface area contributed by atoms with Gasteiger partial charge in [-0.25, -0.2) is 4.39 Å². The molecule has 9 heteroatoms. The topological polar surface area (TPSA) is 78.3 Å². The maximum Gasteiger partial charge on any atom is 0.230 e. The molecule has 32 heavy (non-hydrogen) atoms. The van der Waals surface area contributed by atoms with Crippen LogP contribution in [0, 0.1) is 5.82 Å². The molecular weight excluding hydrogens is 431 g/mol. The van der Waals surface area contributed by atoms with Gasteiger partial charge in [0.15, 0.2) is 11.0 Å². The van der Waals surface area contributed by atoms with Crippen LogP contribution in [-0.2, 0) is 22.6 Å². The highest BCUT2D eigenvalue weighted by molar-refractivity contribution is 7.99. The maximum absolute atomic E-state index is 13.0. The second-order valence-corrected chi connectivity index (χ2v) is 8.41. The molecule has 0 aliphatic carbocycles. The summed E-state index contributed by atoms with van der Waals surface area (Å²) in [6.07, 6.45) is 2.14. The molecule has 1 N–H and O–H groups in total. The third-order valence-electron chi connectivity index (χ3n) is 5.21. The molecule has 0 saturated carbocycles. The van der Waals surface area contributed by atoms with Crippen LogP contribution in [-0.4, -0.2) is 46.2 Å². The van der Waals surface area contributed by atoms with Gasteiger partial charge in [0, 0.05) is 18.7 Å². The summed E-state index contributed by atoms with van der Waals surface area (Å²) < 4.78 is 26.1. The van der Waals surface area contributed by atoms with Crippen LogP contribution >= 0.6 is 11.8 Å². The SMILES string of the molecule is COc1ccc(-c2nnc(SCC(=O)NCc3ccc(F)cc3)n2CC2CCCO2)cc1. The monoisotopic (exact) mass is 456 g/mol. The zero-order chi connectivity index (χ0) is 22.3. The molecule has 3 aromatic rings. The van der Waals surface area contributed by atoms with Gasteiger partial charge in [-0.05, 0) is 54.8 Å². The van der Waals surface area contributed by atoms with E-state index < -0.39 is 0 Å². The van der Waals surface area contributed by atoms with Gasteiger partial charge in [0.1, 0.15) is 11.6 Å². The molecule has 1 unspecified atom stereocenters. The summed E-state index contributed by atoms with van der Waals surface area (Å²) in [5.41, 5.74) is 1.76. The van der Waals surface area contributed by atoms with Crippen LogP contribution in [0.4, 0.5) is 4.39 Å². The van der Waals surface area contributed by atoms with Crippen molar-refractivity contribution in [2.45, 2.75) is 37.2 Å². The number of hydrogen-bond acceptors (Lipinski definition) is 6. The first kappa shape index (κ1) is 22.3. The smallest absolute Gasteiger partial charge is 0.230 e. The van der Waals surface area contributed by atoms with Crippen LogP contribution in [0.3, 0.4) is 0 Å².